The maximum Gasteiger partial charge on any atom is 0.267 e. The van der Waals surface area contributed by atoms with Crippen molar-refractivity contribution in [2.24, 2.45) is 0 Å². The minimum Gasteiger partial charge on any atom is -0.322 e. The van der Waals surface area contributed by atoms with E-state index in [2.05, 4.69) is 5.32 Å². The van der Waals surface area contributed by atoms with Crippen LogP contribution >= 0.6 is 11.6 Å². The lowest BCUT2D eigenvalue weighted by molar-refractivity contribution is 0.0978. The second kappa shape index (κ2) is 11.6. The third-order valence-corrected chi connectivity index (χ3v) is 5.87. The number of Topliss-reactive ketones (excluding diaryl/α,β-unsaturated/α-hetero) is 1. The highest BCUT2D eigenvalue weighted by atomic mass is 35.5. The van der Waals surface area contributed by atoms with Gasteiger partial charge in [-0.25, -0.2) is 0 Å². The van der Waals surface area contributed by atoms with Crippen LogP contribution in [0.25, 0.3) is 5.69 Å². The number of rotatable bonds is 10. The first-order valence-electron chi connectivity index (χ1n) is 11.4. The first-order valence-corrected chi connectivity index (χ1v) is 11.8. The van der Waals surface area contributed by atoms with E-state index < -0.39 is 11.5 Å². The normalized spacial score (nSPS) is 10.8. The Kier molecular flexibility index (Phi) is 8.61. The van der Waals surface area contributed by atoms with Gasteiger partial charge in [-0.2, -0.15) is 0 Å². The van der Waals surface area contributed by atoms with E-state index in [9.17, 15) is 14.4 Å². The number of unbranched alkanes of at least 4 members (excludes halogenated alkanes) is 2. The summed E-state index contributed by atoms with van der Waals surface area (Å²) >= 11 is 6.70. The molecule has 1 heterocycles. The summed E-state index contributed by atoms with van der Waals surface area (Å²) in [4.78, 5) is 40.2. The predicted molar refractivity (Wildman–Crippen MR) is 134 cm³/mol. The molecule has 0 spiro atoms. The molecule has 1 amide bonds. The first kappa shape index (κ1) is 24.5. The van der Waals surface area contributed by atoms with Crippen LogP contribution in [0.15, 0.2) is 65.5 Å². The number of carbonyl (C=O) groups is 2. The molecule has 2 aromatic carbocycles. The van der Waals surface area contributed by atoms with Gasteiger partial charge in [0.1, 0.15) is 5.56 Å². The monoisotopic (exact) mass is 464 g/mol. The van der Waals surface area contributed by atoms with Gasteiger partial charge in [-0.1, -0.05) is 74.7 Å². The average molecular weight is 465 g/mol. The molecular weight excluding hydrogens is 436 g/mol. The van der Waals surface area contributed by atoms with E-state index in [0.717, 1.165) is 19.3 Å². The Labute approximate surface area is 199 Å². The van der Waals surface area contributed by atoms with Crippen LogP contribution in [-0.4, -0.2) is 16.3 Å². The quantitative estimate of drug-likeness (QED) is 0.350. The van der Waals surface area contributed by atoms with Crippen LogP contribution in [0.2, 0.25) is 5.02 Å². The summed E-state index contributed by atoms with van der Waals surface area (Å²) < 4.78 is 1.49. The molecule has 0 unspecified atom stereocenters. The lowest BCUT2D eigenvalue weighted by Crippen LogP contribution is -2.32. The Balaban J connectivity index is 2.29. The van der Waals surface area contributed by atoms with E-state index >= 15 is 0 Å². The Morgan fingerprint density at radius 2 is 1.48 bits per heavy atom. The Hall–Kier alpha value is -3.18. The summed E-state index contributed by atoms with van der Waals surface area (Å²) in [5.41, 5.74) is 1.30. The minimum atomic E-state index is -0.477. The van der Waals surface area contributed by atoms with Crippen LogP contribution < -0.4 is 10.9 Å². The summed E-state index contributed by atoms with van der Waals surface area (Å²) in [7, 11) is 0. The number of hydrogen-bond donors (Lipinski definition) is 1. The van der Waals surface area contributed by atoms with Crippen LogP contribution in [0.4, 0.5) is 5.69 Å². The van der Waals surface area contributed by atoms with Crippen molar-refractivity contribution in [2.45, 2.75) is 52.4 Å². The van der Waals surface area contributed by atoms with Crippen LogP contribution in [-0.2, 0) is 6.42 Å². The Bertz CT molecular complexity index is 1170. The van der Waals surface area contributed by atoms with Gasteiger partial charge >= 0.3 is 0 Å². The van der Waals surface area contributed by atoms with E-state index in [0.29, 0.717) is 29.9 Å². The average Bonchev–Trinajstić information content (AvgIpc) is 2.82. The number of anilines is 1. The van der Waals surface area contributed by atoms with Crippen molar-refractivity contribution < 1.29 is 9.59 Å². The Morgan fingerprint density at radius 3 is 2.09 bits per heavy atom. The predicted octanol–water partition coefficient (Wildman–Crippen LogP) is 6.46. The third kappa shape index (κ3) is 5.60. The number of nitrogens with zero attached hydrogens (tertiary/aromatic N) is 1. The number of halogens is 1. The summed E-state index contributed by atoms with van der Waals surface area (Å²) in [6.45, 7) is 4.02. The molecule has 6 heteroatoms. The van der Waals surface area contributed by atoms with E-state index in [-0.39, 0.29) is 28.4 Å². The van der Waals surface area contributed by atoms with Gasteiger partial charge in [-0.15, -0.1) is 0 Å². The van der Waals surface area contributed by atoms with Crippen molar-refractivity contribution in [3.05, 3.63) is 92.9 Å². The van der Waals surface area contributed by atoms with Crippen molar-refractivity contribution in [1.29, 1.82) is 0 Å². The lowest BCUT2D eigenvalue weighted by atomic mass is 9.99. The molecule has 1 aromatic heterocycles. The maximum atomic E-state index is 13.6. The lowest BCUT2D eigenvalue weighted by Gasteiger charge is -2.20. The molecule has 0 saturated heterocycles. The van der Waals surface area contributed by atoms with Crippen molar-refractivity contribution in [1.82, 2.24) is 4.57 Å². The second-order valence-corrected chi connectivity index (χ2v) is 8.32. The number of amides is 1. The van der Waals surface area contributed by atoms with E-state index in [1.165, 1.54) is 4.57 Å². The van der Waals surface area contributed by atoms with Gasteiger partial charge in [-0.05, 0) is 43.5 Å². The van der Waals surface area contributed by atoms with Crippen molar-refractivity contribution in [2.75, 3.05) is 5.32 Å². The van der Waals surface area contributed by atoms with Gasteiger partial charge in [0.25, 0.3) is 11.5 Å². The van der Waals surface area contributed by atoms with Crippen LogP contribution in [0.5, 0.6) is 0 Å². The topological polar surface area (TPSA) is 68.2 Å². The fourth-order valence-corrected chi connectivity index (χ4v) is 4.15. The fourth-order valence-electron chi connectivity index (χ4n) is 3.77. The van der Waals surface area contributed by atoms with E-state index in [4.69, 9.17) is 11.6 Å². The van der Waals surface area contributed by atoms with Crippen molar-refractivity contribution in [3.8, 4) is 5.69 Å². The van der Waals surface area contributed by atoms with Crippen LogP contribution in [0.1, 0.15) is 72.4 Å². The first-order chi connectivity index (χ1) is 16.0. The highest BCUT2D eigenvalue weighted by Crippen LogP contribution is 2.28. The molecule has 3 rings (SSSR count). The number of aromatic nitrogens is 1. The zero-order valence-electron chi connectivity index (χ0n) is 19.1. The van der Waals surface area contributed by atoms with Gasteiger partial charge in [0.05, 0.1) is 10.6 Å². The van der Waals surface area contributed by atoms with Gasteiger partial charge in [-0.3, -0.25) is 19.0 Å². The molecule has 0 fully saturated rings. The molecular formula is C27H29ClN2O3. The summed E-state index contributed by atoms with van der Waals surface area (Å²) in [5.74, 6) is -0.779. The molecule has 0 saturated carbocycles. The standard InChI is InChI=1S/C27H29ClN2O3/c1-3-5-17-21-23(26(32)29-19-13-9-7-10-14-19)25(28)24(22(31)18-6-4-2)27(33)30(21)20-15-11-8-12-16-20/h7-16H,3-6,17-18H2,1-2H3,(H,29,32). The molecule has 172 valence electrons. The number of pyridine rings is 1. The molecule has 0 atom stereocenters. The molecule has 33 heavy (non-hydrogen) atoms. The summed E-state index contributed by atoms with van der Waals surface area (Å²) in [5, 5.41) is 2.81. The molecule has 0 aliphatic heterocycles. The molecule has 0 bridgehead atoms. The van der Waals surface area contributed by atoms with Gasteiger partial charge < -0.3 is 5.32 Å². The summed E-state index contributed by atoms with van der Waals surface area (Å²) in [6.07, 6.45) is 3.76. The number of para-hydroxylation sites is 2. The fraction of sp³-hybridized carbons (Fsp3) is 0.296. The molecule has 1 N–H and O–H groups in total. The Morgan fingerprint density at radius 1 is 0.879 bits per heavy atom. The SMILES string of the molecule is CCCCC(=O)c1c(Cl)c(C(=O)Nc2ccccc2)c(CCCC)n(-c2ccccc2)c1=O. The van der Waals surface area contributed by atoms with Gasteiger partial charge in [0, 0.05) is 23.5 Å². The molecule has 0 aliphatic carbocycles. The molecule has 5 nitrogen and oxygen atoms in total. The van der Waals surface area contributed by atoms with Crippen LogP contribution in [0.3, 0.4) is 0 Å². The number of nitrogens with one attached hydrogen (secondary N) is 1. The van der Waals surface area contributed by atoms with E-state index in [1.807, 2.05) is 50.2 Å². The number of carbonyl (C=O) groups excluding carboxylic acids is 2. The third-order valence-electron chi connectivity index (χ3n) is 5.49. The zero-order valence-corrected chi connectivity index (χ0v) is 19.8. The molecule has 0 radical (unpaired) electrons. The van der Waals surface area contributed by atoms with Crippen molar-refractivity contribution in [3.63, 3.8) is 0 Å². The van der Waals surface area contributed by atoms with Crippen LogP contribution in [0, 0.1) is 0 Å². The summed E-state index contributed by atoms with van der Waals surface area (Å²) in [6, 6.07) is 18.1. The minimum absolute atomic E-state index is 0.0622. The van der Waals surface area contributed by atoms with Gasteiger partial charge in [0.2, 0.25) is 0 Å². The number of ketones is 1. The smallest absolute Gasteiger partial charge is 0.267 e. The zero-order chi connectivity index (χ0) is 23.8. The van der Waals surface area contributed by atoms with Crippen molar-refractivity contribution >= 4 is 29.0 Å². The second-order valence-electron chi connectivity index (χ2n) is 7.94. The van der Waals surface area contributed by atoms with Gasteiger partial charge in [0.15, 0.2) is 5.78 Å². The largest absolute Gasteiger partial charge is 0.322 e. The van der Waals surface area contributed by atoms with E-state index in [1.54, 1.807) is 24.3 Å². The maximum absolute atomic E-state index is 13.6. The highest BCUT2D eigenvalue weighted by molar-refractivity contribution is 6.37. The molecule has 0 aliphatic rings. The number of hydrogen-bond acceptors (Lipinski definition) is 3. The number of benzene rings is 2. The molecule has 3 aromatic rings. The highest BCUT2D eigenvalue weighted by Gasteiger charge is 2.28.